The van der Waals surface area contributed by atoms with Gasteiger partial charge in [-0.05, 0) is 48.7 Å². The zero-order valence-electron chi connectivity index (χ0n) is 18.6. The molecule has 0 spiro atoms. The van der Waals surface area contributed by atoms with E-state index in [1.54, 1.807) is 7.05 Å². The van der Waals surface area contributed by atoms with Crippen LogP contribution in [0.2, 0.25) is 0 Å². The Morgan fingerprint density at radius 3 is 2.50 bits per heavy atom. The zero-order valence-corrected chi connectivity index (χ0v) is 18.6. The van der Waals surface area contributed by atoms with Crippen LogP contribution in [0.3, 0.4) is 0 Å². The highest BCUT2D eigenvalue weighted by Crippen LogP contribution is 2.38. The molecule has 5 rings (SSSR count). The summed E-state index contributed by atoms with van der Waals surface area (Å²) >= 11 is 0. The number of hydrogen-bond donors (Lipinski definition) is 1. The second-order valence-electron chi connectivity index (χ2n) is 8.12. The van der Waals surface area contributed by atoms with E-state index in [0.29, 0.717) is 6.54 Å². The van der Waals surface area contributed by atoms with Gasteiger partial charge in [0.1, 0.15) is 5.82 Å². The van der Waals surface area contributed by atoms with E-state index in [-0.39, 0.29) is 12.1 Å². The fourth-order valence-electron chi connectivity index (χ4n) is 4.58. The molecule has 0 saturated heterocycles. The first-order valence-corrected chi connectivity index (χ1v) is 11.0. The maximum Gasteiger partial charge on any atom is 0.318 e. The summed E-state index contributed by atoms with van der Waals surface area (Å²) < 4.78 is 4.17. The van der Waals surface area contributed by atoms with Crippen LogP contribution in [-0.4, -0.2) is 32.3 Å². The molecule has 2 aromatic carbocycles. The summed E-state index contributed by atoms with van der Waals surface area (Å²) in [4.78, 5) is 15.0. The summed E-state index contributed by atoms with van der Waals surface area (Å²) in [5.74, 6) is 0.982. The van der Waals surface area contributed by atoms with Crippen LogP contribution < -0.4 is 5.32 Å². The SMILES string of the molecule is CCc1ccc(C2c3cccn3-c3c(c(C)nn3-c3ccccc3)CN2C(=O)NC)cc1. The van der Waals surface area contributed by atoms with Crippen molar-refractivity contribution in [2.75, 3.05) is 7.05 Å². The van der Waals surface area contributed by atoms with Crippen molar-refractivity contribution >= 4 is 6.03 Å². The van der Waals surface area contributed by atoms with E-state index in [4.69, 9.17) is 5.10 Å². The third kappa shape index (κ3) is 3.19. The predicted octanol–water partition coefficient (Wildman–Crippen LogP) is 4.78. The maximum atomic E-state index is 13.1. The lowest BCUT2D eigenvalue weighted by Gasteiger charge is -2.30. The molecule has 0 saturated carbocycles. The number of nitrogens with one attached hydrogen (secondary N) is 1. The lowest BCUT2D eigenvalue weighted by molar-refractivity contribution is 0.182. The van der Waals surface area contributed by atoms with Crippen molar-refractivity contribution in [2.45, 2.75) is 32.9 Å². The van der Waals surface area contributed by atoms with E-state index in [9.17, 15) is 4.79 Å². The third-order valence-electron chi connectivity index (χ3n) is 6.27. The Morgan fingerprint density at radius 1 is 1.06 bits per heavy atom. The molecule has 0 fully saturated rings. The molecular formula is C26H27N5O. The fraction of sp³-hybridized carbons (Fsp3) is 0.231. The van der Waals surface area contributed by atoms with Gasteiger partial charge < -0.3 is 14.8 Å². The Morgan fingerprint density at radius 2 is 1.81 bits per heavy atom. The number of aromatic nitrogens is 3. The van der Waals surface area contributed by atoms with Crippen LogP contribution in [0.25, 0.3) is 11.5 Å². The quantitative estimate of drug-likeness (QED) is 0.514. The van der Waals surface area contributed by atoms with E-state index >= 15 is 0 Å². The zero-order chi connectivity index (χ0) is 22.2. The molecular weight excluding hydrogens is 398 g/mol. The third-order valence-corrected chi connectivity index (χ3v) is 6.27. The van der Waals surface area contributed by atoms with E-state index in [0.717, 1.165) is 40.4 Å². The summed E-state index contributed by atoms with van der Waals surface area (Å²) in [5, 5.41) is 7.71. The normalized spacial score (nSPS) is 15.1. The Balaban J connectivity index is 1.75. The number of aryl methyl sites for hydroxylation is 2. The molecule has 2 amide bonds. The molecule has 6 nitrogen and oxygen atoms in total. The van der Waals surface area contributed by atoms with E-state index in [1.807, 2.05) is 40.8 Å². The van der Waals surface area contributed by atoms with Gasteiger partial charge in [-0.15, -0.1) is 0 Å². The van der Waals surface area contributed by atoms with Crippen molar-refractivity contribution in [3.05, 3.63) is 101 Å². The summed E-state index contributed by atoms with van der Waals surface area (Å²) in [6.45, 7) is 4.63. The number of hydrogen-bond acceptors (Lipinski definition) is 2. The number of fused-ring (bicyclic) bond motifs is 3. The van der Waals surface area contributed by atoms with Gasteiger partial charge in [0.15, 0.2) is 0 Å². The number of benzene rings is 2. The van der Waals surface area contributed by atoms with E-state index in [2.05, 4.69) is 65.5 Å². The number of nitrogens with zero attached hydrogens (tertiary/aromatic N) is 4. The number of carbonyl (C=O) groups excluding carboxylic acids is 1. The molecule has 162 valence electrons. The molecule has 32 heavy (non-hydrogen) atoms. The predicted molar refractivity (Wildman–Crippen MR) is 125 cm³/mol. The van der Waals surface area contributed by atoms with Gasteiger partial charge in [0.05, 0.1) is 29.7 Å². The van der Waals surface area contributed by atoms with Gasteiger partial charge in [-0.1, -0.05) is 49.4 Å². The number of urea groups is 1. The number of amides is 2. The summed E-state index contributed by atoms with van der Waals surface area (Å²) in [6, 6.07) is 22.5. The molecule has 0 aliphatic carbocycles. The van der Waals surface area contributed by atoms with Crippen LogP contribution in [0.4, 0.5) is 4.79 Å². The van der Waals surface area contributed by atoms with E-state index < -0.39 is 0 Å². The number of rotatable bonds is 3. The van der Waals surface area contributed by atoms with Gasteiger partial charge in [-0.2, -0.15) is 5.10 Å². The van der Waals surface area contributed by atoms with Crippen molar-refractivity contribution < 1.29 is 4.79 Å². The van der Waals surface area contributed by atoms with Crippen LogP contribution >= 0.6 is 0 Å². The second-order valence-corrected chi connectivity index (χ2v) is 8.12. The van der Waals surface area contributed by atoms with Gasteiger partial charge in [0, 0.05) is 18.8 Å². The lowest BCUT2D eigenvalue weighted by atomic mass is 10.00. The molecule has 3 heterocycles. The molecule has 1 atom stereocenters. The van der Waals surface area contributed by atoms with Crippen molar-refractivity contribution in [3.63, 3.8) is 0 Å². The van der Waals surface area contributed by atoms with Crippen LogP contribution in [0.15, 0.2) is 72.9 Å². The average molecular weight is 426 g/mol. The summed E-state index contributed by atoms with van der Waals surface area (Å²) in [7, 11) is 1.69. The first kappa shape index (κ1) is 20.1. The fourth-order valence-corrected chi connectivity index (χ4v) is 4.58. The molecule has 4 aromatic rings. The van der Waals surface area contributed by atoms with Gasteiger partial charge in [-0.25, -0.2) is 9.48 Å². The number of carbonyl (C=O) groups is 1. The summed E-state index contributed by atoms with van der Waals surface area (Å²) in [6.07, 6.45) is 3.05. The van der Waals surface area contributed by atoms with Crippen LogP contribution in [-0.2, 0) is 13.0 Å². The highest BCUT2D eigenvalue weighted by molar-refractivity contribution is 5.75. The molecule has 2 aromatic heterocycles. The van der Waals surface area contributed by atoms with Gasteiger partial charge >= 0.3 is 6.03 Å². The van der Waals surface area contributed by atoms with Gasteiger partial charge in [0.25, 0.3) is 0 Å². The highest BCUT2D eigenvalue weighted by Gasteiger charge is 2.35. The first-order chi connectivity index (χ1) is 15.6. The smallest absolute Gasteiger partial charge is 0.318 e. The average Bonchev–Trinajstić information content (AvgIpc) is 3.40. The summed E-state index contributed by atoms with van der Waals surface area (Å²) in [5.41, 5.74) is 6.36. The maximum absolute atomic E-state index is 13.1. The van der Waals surface area contributed by atoms with Gasteiger partial charge in [-0.3, -0.25) is 0 Å². The molecule has 0 bridgehead atoms. The molecule has 1 unspecified atom stereocenters. The Bertz CT molecular complexity index is 1250. The van der Waals surface area contributed by atoms with Crippen molar-refractivity contribution in [2.24, 2.45) is 0 Å². The Labute approximate surface area is 188 Å². The van der Waals surface area contributed by atoms with Crippen molar-refractivity contribution in [1.29, 1.82) is 0 Å². The van der Waals surface area contributed by atoms with Crippen LogP contribution in [0.1, 0.15) is 41.0 Å². The lowest BCUT2D eigenvalue weighted by Crippen LogP contribution is -2.40. The minimum absolute atomic E-state index is 0.109. The standard InChI is InChI=1S/C26H27N5O/c1-4-19-12-14-20(15-13-19)24-23-11-8-16-29(23)25-22(17-30(24)26(32)27-3)18(2)28-31(25)21-9-6-5-7-10-21/h5-16,24H,4,17H2,1-3H3,(H,27,32). The Hall–Kier alpha value is -3.80. The molecule has 1 aliphatic rings. The van der Waals surface area contributed by atoms with Crippen LogP contribution in [0, 0.1) is 6.92 Å². The Kier molecular flexibility index (Phi) is 5.05. The molecule has 0 radical (unpaired) electrons. The molecule has 1 N–H and O–H groups in total. The minimum Gasteiger partial charge on any atom is -0.341 e. The van der Waals surface area contributed by atoms with Gasteiger partial charge in [0.2, 0.25) is 0 Å². The minimum atomic E-state index is -0.216. The second kappa shape index (κ2) is 8.04. The largest absolute Gasteiger partial charge is 0.341 e. The molecule has 1 aliphatic heterocycles. The van der Waals surface area contributed by atoms with Crippen molar-refractivity contribution in [3.8, 4) is 11.5 Å². The monoisotopic (exact) mass is 425 g/mol. The van der Waals surface area contributed by atoms with E-state index in [1.165, 1.54) is 5.56 Å². The number of para-hydroxylation sites is 1. The topological polar surface area (TPSA) is 55.1 Å². The van der Waals surface area contributed by atoms with Crippen LogP contribution in [0.5, 0.6) is 0 Å². The van der Waals surface area contributed by atoms with Crippen molar-refractivity contribution in [1.82, 2.24) is 24.6 Å². The first-order valence-electron chi connectivity index (χ1n) is 11.0. The molecule has 6 heteroatoms. The highest BCUT2D eigenvalue weighted by atomic mass is 16.2.